The minimum Gasteiger partial charge on any atom is -0.492 e. The lowest BCUT2D eigenvalue weighted by molar-refractivity contribution is -0.125. The second-order valence-corrected chi connectivity index (χ2v) is 8.04. The topological polar surface area (TPSA) is 99.5 Å². The number of nitrogens with one attached hydrogen (secondary N) is 1. The molecule has 8 nitrogen and oxygen atoms in total. The Morgan fingerprint density at radius 3 is 2.31 bits per heavy atom. The lowest BCUT2D eigenvalue weighted by atomic mass is 10.1. The molecule has 0 saturated carbocycles. The van der Waals surface area contributed by atoms with Gasteiger partial charge in [-0.1, -0.05) is 67.6 Å². The van der Waals surface area contributed by atoms with E-state index in [-0.39, 0.29) is 11.3 Å². The molecule has 0 aliphatic rings. The van der Waals surface area contributed by atoms with Gasteiger partial charge in [0.1, 0.15) is 5.75 Å². The van der Waals surface area contributed by atoms with Crippen LogP contribution in [0.3, 0.4) is 0 Å². The molecule has 8 heteroatoms. The van der Waals surface area contributed by atoms with Crippen molar-refractivity contribution in [1.82, 2.24) is 9.78 Å². The van der Waals surface area contributed by atoms with Crippen molar-refractivity contribution >= 4 is 28.3 Å². The van der Waals surface area contributed by atoms with Gasteiger partial charge in [-0.25, -0.2) is 9.48 Å². The first-order chi connectivity index (χ1) is 17.5. The van der Waals surface area contributed by atoms with Crippen LogP contribution in [0.4, 0.5) is 5.69 Å². The zero-order chi connectivity index (χ0) is 25.5. The summed E-state index contributed by atoms with van der Waals surface area (Å²) in [6.45, 7) is 4.54. The molecule has 0 saturated heterocycles. The molecule has 1 N–H and O–H groups in total. The highest BCUT2D eigenvalue weighted by atomic mass is 16.5. The van der Waals surface area contributed by atoms with Gasteiger partial charge < -0.3 is 14.8 Å². The third-order valence-corrected chi connectivity index (χ3v) is 5.51. The van der Waals surface area contributed by atoms with E-state index in [0.717, 1.165) is 0 Å². The second-order valence-electron chi connectivity index (χ2n) is 8.04. The van der Waals surface area contributed by atoms with Crippen molar-refractivity contribution in [1.29, 1.82) is 0 Å². The summed E-state index contributed by atoms with van der Waals surface area (Å²) in [6, 6.07) is 22.5. The van der Waals surface area contributed by atoms with Crippen molar-refractivity contribution < 1.29 is 19.1 Å². The average Bonchev–Trinajstić information content (AvgIpc) is 2.90. The Morgan fingerprint density at radius 1 is 0.917 bits per heavy atom. The molecule has 1 unspecified atom stereocenters. The number of aryl methyl sites for hydroxylation is 1. The first kappa shape index (κ1) is 24.7. The van der Waals surface area contributed by atoms with E-state index in [4.69, 9.17) is 9.47 Å². The largest absolute Gasteiger partial charge is 0.492 e. The fourth-order valence-corrected chi connectivity index (χ4v) is 3.86. The number of para-hydroxylation sites is 2. The van der Waals surface area contributed by atoms with E-state index in [0.29, 0.717) is 47.3 Å². The van der Waals surface area contributed by atoms with Crippen LogP contribution < -0.4 is 15.6 Å². The number of hydrogen-bond acceptors (Lipinski definition) is 6. The highest BCUT2D eigenvalue weighted by molar-refractivity contribution is 6.04. The minimum atomic E-state index is -1.26. The van der Waals surface area contributed by atoms with E-state index in [9.17, 15) is 14.4 Å². The monoisotopic (exact) mass is 485 g/mol. The van der Waals surface area contributed by atoms with Crippen molar-refractivity contribution in [2.45, 2.75) is 32.9 Å². The van der Waals surface area contributed by atoms with Crippen molar-refractivity contribution in [2.75, 3.05) is 11.9 Å². The van der Waals surface area contributed by atoms with Crippen LogP contribution in [0.2, 0.25) is 0 Å². The summed E-state index contributed by atoms with van der Waals surface area (Å²) in [4.78, 5) is 39.6. The Hall–Kier alpha value is -4.46. The van der Waals surface area contributed by atoms with Crippen LogP contribution in [0.15, 0.2) is 83.7 Å². The van der Waals surface area contributed by atoms with Crippen molar-refractivity contribution in [3.63, 3.8) is 0 Å². The predicted molar refractivity (Wildman–Crippen MR) is 137 cm³/mol. The molecular formula is C28H27N3O5. The van der Waals surface area contributed by atoms with E-state index < -0.39 is 18.0 Å². The molecule has 0 fully saturated rings. The van der Waals surface area contributed by atoms with E-state index in [1.54, 1.807) is 78.9 Å². The number of aromatic nitrogens is 2. The van der Waals surface area contributed by atoms with Crippen LogP contribution in [0.1, 0.15) is 42.4 Å². The zero-order valence-electron chi connectivity index (χ0n) is 20.1. The number of benzene rings is 3. The van der Waals surface area contributed by atoms with Gasteiger partial charge in [-0.3, -0.25) is 9.59 Å². The van der Waals surface area contributed by atoms with Gasteiger partial charge in [0.25, 0.3) is 11.5 Å². The smallest absolute Gasteiger partial charge is 0.360 e. The Morgan fingerprint density at radius 2 is 1.58 bits per heavy atom. The predicted octanol–water partition coefficient (Wildman–Crippen LogP) is 4.74. The first-order valence-corrected chi connectivity index (χ1v) is 11.8. The molecule has 1 atom stereocenters. The molecule has 1 heterocycles. The molecule has 4 rings (SSSR count). The van der Waals surface area contributed by atoms with Crippen LogP contribution >= 0.6 is 0 Å². The number of fused-ring (bicyclic) bond motifs is 1. The summed E-state index contributed by atoms with van der Waals surface area (Å²) in [5.74, 6) is -0.850. The van der Waals surface area contributed by atoms with Crippen LogP contribution in [0.5, 0.6) is 5.75 Å². The van der Waals surface area contributed by atoms with E-state index >= 15 is 0 Å². The zero-order valence-corrected chi connectivity index (χ0v) is 20.1. The van der Waals surface area contributed by atoms with Crippen LogP contribution in [0.25, 0.3) is 10.8 Å². The van der Waals surface area contributed by atoms with E-state index in [1.165, 1.54) is 4.68 Å². The van der Waals surface area contributed by atoms with Gasteiger partial charge in [-0.05, 0) is 31.5 Å². The number of nitrogens with zero attached hydrogens (tertiary/aromatic N) is 2. The summed E-state index contributed by atoms with van der Waals surface area (Å²) in [5.41, 5.74) is 0.640. The molecule has 0 aliphatic heterocycles. The highest BCUT2D eigenvalue weighted by Crippen LogP contribution is 2.27. The number of anilines is 1. The van der Waals surface area contributed by atoms with E-state index in [1.807, 2.05) is 13.8 Å². The molecule has 0 spiro atoms. The number of carbonyl (C=O) groups is 2. The Balaban J connectivity index is 1.71. The Labute approximate surface area is 208 Å². The number of hydrogen-bond donors (Lipinski definition) is 1. The number of esters is 1. The van der Waals surface area contributed by atoms with Gasteiger partial charge in [-0.15, -0.1) is 0 Å². The molecular weight excluding hydrogens is 458 g/mol. The Kier molecular flexibility index (Phi) is 7.75. The SMILES string of the molecule is CCCn1nc(C(=O)OC(C(=O)Nc2ccccc2OCC)c2ccccc2)c2ccccc2c1=O. The quantitative estimate of drug-likeness (QED) is 0.344. The second kappa shape index (κ2) is 11.3. The minimum absolute atomic E-state index is 0.0258. The summed E-state index contributed by atoms with van der Waals surface area (Å²) in [7, 11) is 0. The molecule has 0 radical (unpaired) electrons. The molecule has 184 valence electrons. The first-order valence-electron chi connectivity index (χ1n) is 11.8. The normalized spacial score (nSPS) is 11.6. The summed E-state index contributed by atoms with van der Waals surface area (Å²) >= 11 is 0. The van der Waals surface area contributed by atoms with Gasteiger partial charge in [0.15, 0.2) is 5.69 Å². The summed E-state index contributed by atoms with van der Waals surface area (Å²) in [6.07, 6.45) is -0.603. The standard InChI is InChI=1S/C28H27N3O5/c1-3-18-31-27(33)21-15-9-8-14-20(21)24(30-31)28(34)36-25(19-12-6-5-7-13-19)26(32)29-22-16-10-11-17-23(22)35-4-2/h5-17,25H,3-4,18H2,1-2H3,(H,29,32). The van der Waals surface area contributed by atoms with Gasteiger partial charge in [0.2, 0.25) is 6.10 Å². The summed E-state index contributed by atoms with van der Waals surface area (Å²) in [5, 5.41) is 7.84. The molecule has 1 aromatic heterocycles. The van der Waals surface area contributed by atoms with Crippen LogP contribution in [-0.2, 0) is 16.1 Å². The molecule has 4 aromatic rings. The lowest BCUT2D eigenvalue weighted by Crippen LogP contribution is -2.29. The third kappa shape index (κ3) is 5.27. The Bertz CT molecular complexity index is 1430. The fourth-order valence-electron chi connectivity index (χ4n) is 3.86. The molecule has 1 amide bonds. The maximum absolute atomic E-state index is 13.4. The van der Waals surface area contributed by atoms with Gasteiger partial charge in [0, 0.05) is 17.5 Å². The average molecular weight is 486 g/mol. The lowest BCUT2D eigenvalue weighted by Gasteiger charge is -2.19. The molecule has 3 aromatic carbocycles. The van der Waals surface area contributed by atoms with Crippen molar-refractivity contribution in [3.05, 3.63) is 100 Å². The van der Waals surface area contributed by atoms with Crippen LogP contribution in [-0.4, -0.2) is 28.3 Å². The maximum atomic E-state index is 13.4. The number of amides is 1. The summed E-state index contributed by atoms with van der Waals surface area (Å²) < 4.78 is 12.6. The maximum Gasteiger partial charge on any atom is 0.360 e. The number of rotatable bonds is 9. The van der Waals surface area contributed by atoms with Gasteiger partial charge in [-0.2, -0.15) is 5.10 Å². The fraction of sp³-hybridized carbons (Fsp3) is 0.214. The van der Waals surface area contributed by atoms with Crippen LogP contribution in [0, 0.1) is 0 Å². The third-order valence-electron chi connectivity index (χ3n) is 5.51. The van der Waals surface area contributed by atoms with Gasteiger partial charge >= 0.3 is 5.97 Å². The van der Waals surface area contributed by atoms with E-state index in [2.05, 4.69) is 10.4 Å². The highest BCUT2D eigenvalue weighted by Gasteiger charge is 2.28. The number of carbonyl (C=O) groups excluding carboxylic acids is 2. The van der Waals surface area contributed by atoms with Crippen molar-refractivity contribution in [3.8, 4) is 5.75 Å². The number of ether oxygens (including phenoxy) is 2. The van der Waals surface area contributed by atoms with Gasteiger partial charge in [0.05, 0.1) is 17.7 Å². The van der Waals surface area contributed by atoms with Crippen molar-refractivity contribution in [2.24, 2.45) is 0 Å². The molecule has 36 heavy (non-hydrogen) atoms. The molecule has 0 aliphatic carbocycles. The molecule has 0 bridgehead atoms.